The highest BCUT2D eigenvalue weighted by atomic mass is 14.5. The number of terminal acetylenes is 2. The van der Waals surface area contributed by atoms with E-state index in [1.807, 2.05) is 24.3 Å². The summed E-state index contributed by atoms with van der Waals surface area (Å²) in [7, 11) is 87.7. The van der Waals surface area contributed by atoms with Gasteiger partial charge in [-0.05, 0) is 106 Å². The van der Waals surface area contributed by atoms with Gasteiger partial charge in [-0.2, -0.15) is 0 Å². The van der Waals surface area contributed by atoms with Crippen molar-refractivity contribution in [3.63, 3.8) is 0 Å². The Hall–Kier alpha value is -5.76. The molecule has 0 saturated carbocycles. The van der Waals surface area contributed by atoms with Gasteiger partial charge in [0, 0.05) is 5.41 Å². The van der Waals surface area contributed by atoms with Crippen molar-refractivity contribution in [2.75, 3.05) is 0 Å². The second kappa shape index (κ2) is 16.0. The molecule has 0 saturated heterocycles. The molecule has 13 heteroatoms. The van der Waals surface area contributed by atoms with Crippen LogP contribution in [0.3, 0.4) is 0 Å². The fraction of sp³-hybridized carbons (Fsp3) is 0.0588. The molecular formula is C51H21B13. The van der Waals surface area contributed by atoms with Gasteiger partial charge < -0.3 is 0 Å². The van der Waals surface area contributed by atoms with Gasteiger partial charge in [0.1, 0.15) is 94.2 Å². The van der Waals surface area contributed by atoms with Gasteiger partial charge in [0.15, 0.2) is 0 Å². The lowest BCUT2D eigenvalue weighted by Crippen LogP contribution is -2.54. The summed E-state index contributed by atoms with van der Waals surface area (Å²) in [5.41, 5.74) is 4.92. The minimum atomic E-state index is -1.42. The first kappa shape index (κ1) is 43.5. The molecule has 0 nitrogen and oxygen atoms in total. The summed E-state index contributed by atoms with van der Waals surface area (Å²) >= 11 is 0. The Morgan fingerprint density at radius 1 is 0.516 bits per heavy atom. The minimum absolute atomic E-state index is 0.00580. The highest BCUT2D eigenvalue weighted by Gasteiger charge is 2.53. The Bertz CT molecular complexity index is 3450. The predicted octanol–water partition coefficient (Wildman–Crippen LogP) is 0.482. The SMILES string of the molecule is [B]CC1=C(/C(=C(/[B])C#C)c2ccc(-c3ccc4c5ccccc5c5ccccc5c4c3)cc2)c2c([B])c([B])c([B])c([B])c2C12C/C(=C([B])\C([B])=C(\[B])C#C)c1c([B])c([B])c([B])c([B])c12. The number of rotatable bonds is 5. The quantitative estimate of drug-likeness (QED) is 0.136. The van der Waals surface area contributed by atoms with Crippen LogP contribution in [-0.2, 0) is 5.41 Å². The Balaban J connectivity index is 1.32. The molecule has 264 valence electrons. The lowest BCUT2D eigenvalue weighted by atomic mass is 9.56. The van der Waals surface area contributed by atoms with Crippen molar-refractivity contribution in [3.05, 3.63) is 146 Å². The standard InChI is InChI=1S/C51H21B13/c1-3-33(53)35(23-15-13-22(14-16-23)24-17-18-29-27-11-6-5-9-25(27)26-10-7-8-12-28(26)30(29)19-24)37-32(21-52)51(40-38(37)44(58)48(62)50(64)46(40)60)20-31(41(55)42(56)34(54)4-2)36-39(51)45(59)49(63)47(61)43(36)57/h1-2,5-19H,20-21H2/b35-33+,41-31-,42-34-. The van der Waals surface area contributed by atoms with E-state index in [0.29, 0.717) is 50.1 Å². The average molecular weight is 774 g/mol. The van der Waals surface area contributed by atoms with Crippen LogP contribution in [0.2, 0.25) is 6.32 Å². The van der Waals surface area contributed by atoms with Crippen molar-refractivity contribution in [3.8, 4) is 35.8 Å². The summed E-state index contributed by atoms with van der Waals surface area (Å²) in [6.45, 7) is 0. The van der Waals surface area contributed by atoms with Gasteiger partial charge in [0.25, 0.3) is 0 Å². The normalized spacial score (nSPS) is 17.0. The molecule has 0 heterocycles. The summed E-state index contributed by atoms with van der Waals surface area (Å²) in [5, 5.41) is 7.02. The average Bonchev–Trinajstić information content (AvgIpc) is 3.82. The van der Waals surface area contributed by atoms with Crippen LogP contribution in [0, 0.1) is 24.7 Å². The predicted molar refractivity (Wildman–Crippen MR) is 285 cm³/mol. The third kappa shape index (κ3) is 6.06. The van der Waals surface area contributed by atoms with E-state index in [-0.39, 0.29) is 78.3 Å². The van der Waals surface area contributed by atoms with Crippen LogP contribution in [-0.4, -0.2) is 102 Å². The zero-order valence-electron chi connectivity index (χ0n) is 34.7. The first-order chi connectivity index (χ1) is 30.6. The fourth-order valence-corrected chi connectivity index (χ4v) is 10.1. The Labute approximate surface area is 392 Å². The van der Waals surface area contributed by atoms with Crippen molar-refractivity contribution in [1.82, 2.24) is 0 Å². The maximum atomic E-state index is 7.07. The molecule has 1 unspecified atom stereocenters. The largest absolute Gasteiger partial charge is 0.127 e. The molecule has 0 amide bonds. The van der Waals surface area contributed by atoms with Crippen LogP contribution >= 0.6 is 0 Å². The smallest absolute Gasteiger partial charge is 0.116 e. The van der Waals surface area contributed by atoms with Gasteiger partial charge in [-0.1, -0.05) is 141 Å². The summed E-state index contributed by atoms with van der Waals surface area (Å²) < 4.78 is 0. The van der Waals surface area contributed by atoms with E-state index in [0.717, 1.165) is 27.3 Å². The summed E-state index contributed by atoms with van der Waals surface area (Å²) in [4.78, 5) is 0. The summed E-state index contributed by atoms with van der Waals surface area (Å²) in [5.74, 6) is 5.00. The van der Waals surface area contributed by atoms with Crippen LogP contribution in [0.25, 0.3) is 60.2 Å². The van der Waals surface area contributed by atoms with E-state index in [1.54, 1.807) is 0 Å². The van der Waals surface area contributed by atoms with Crippen LogP contribution in [0.15, 0.2) is 118 Å². The van der Waals surface area contributed by atoms with Gasteiger partial charge in [0.2, 0.25) is 0 Å². The van der Waals surface area contributed by atoms with Crippen LogP contribution in [0.4, 0.5) is 0 Å². The minimum Gasteiger partial charge on any atom is -0.116 e. The van der Waals surface area contributed by atoms with Crippen molar-refractivity contribution in [2.45, 2.75) is 18.2 Å². The lowest BCUT2D eigenvalue weighted by Gasteiger charge is -2.36. The maximum Gasteiger partial charge on any atom is 0.127 e. The van der Waals surface area contributed by atoms with E-state index >= 15 is 0 Å². The number of hydrogen-bond donors (Lipinski definition) is 0. The Kier molecular flexibility index (Phi) is 10.9. The third-order valence-electron chi connectivity index (χ3n) is 13.2. The van der Waals surface area contributed by atoms with E-state index in [4.69, 9.17) is 115 Å². The van der Waals surface area contributed by atoms with Gasteiger partial charge >= 0.3 is 0 Å². The van der Waals surface area contributed by atoms with Crippen LogP contribution < -0.4 is 43.7 Å². The van der Waals surface area contributed by atoms with E-state index < -0.39 is 5.41 Å². The van der Waals surface area contributed by atoms with Gasteiger partial charge in [-0.3, -0.25) is 0 Å². The van der Waals surface area contributed by atoms with E-state index in [9.17, 15) is 0 Å². The molecule has 2 aliphatic rings. The molecule has 26 radical (unpaired) electrons. The molecule has 0 N–H and O–H groups in total. The topological polar surface area (TPSA) is 0 Å². The molecule has 0 bridgehead atoms. The molecular weight excluding hydrogens is 753 g/mol. The second-order valence-corrected chi connectivity index (χ2v) is 16.2. The molecule has 64 heavy (non-hydrogen) atoms. The first-order valence-corrected chi connectivity index (χ1v) is 20.2. The zero-order valence-corrected chi connectivity index (χ0v) is 34.7. The van der Waals surface area contributed by atoms with E-state index in [1.165, 1.54) is 16.2 Å². The second-order valence-electron chi connectivity index (χ2n) is 16.2. The van der Waals surface area contributed by atoms with Crippen molar-refractivity contribution < 1.29 is 0 Å². The molecule has 2 aliphatic carbocycles. The highest BCUT2D eigenvalue weighted by molar-refractivity contribution is 6.66. The molecule has 7 aromatic rings. The van der Waals surface area contributed by atoms with E-state index in [2.05, 4.69) is 78.6 Å². The molecule has 9 rings (SSSR count). The van der Waals surface area contributed by atoms with Gasteiger partial charge in [-0.15, -0.1) is 40.2 Å². The summed E-state index contributed by atoms with van der Waals surface area (Å²) in [6.07, 6.45) is 11.7. The molecule has 1 spiro atoms. The monoisotopic (exact) mass is 776 g/mol. The molecule has 1 atom stereocenters. The third-order valence-corrected chi connectivity index (χ3v) is 13.2. The lowest BCUT2D eigenvalue weighted by molar-refractivity contribution is 0.669. The van der Waals surface area contributed by atoms with Crippen molar-refractivity contribution in [1.29, 1.82) is 0 Å². The van der Waals surface area contributed by atoms with Crippen molar-refractivity contribution in [2.24, 2.45) is 0 Å². The Morgan fingerprint density at radius 2 is 0.969 bits per heavy atom. The van der Waals surface area contributed by atoms with Crippen LogP contribution in [0.5, 0.6) is 0 Å². The molecule has 0 fully saturated rings. The number of hydrogen-bond acceptors (Lipinski definition) is 0. The number of benzene rings is 7. The highest BCUT2D eigenvalue weighted by Crippen LogP contribution is 2.61. The Morgan fingerprint density at radius 3 is 1.48 bits per heavy atom. The van der Waals surface area contributed by atoms with Gasteiger partial charge in [-0.25, -0.2) is 0 Å². The van der Waals surface area contributed by atoms with Crippen LogP contribution in [0.1, 0.15) is 34.2 Å². The maximum absolute atomic E-state index is 7.07. The molecule has 7 aromatic carbocycles. The molecule has 0 aliphatic heterocycles. The van der Waals surface area contributed by atoms with Gasteiger partial charge in [0.05, 0.1) is 7.85 Å². The number of fused-ring (bicyclic) bond motifs is 10. The number of allylic oxidation sites excluding steroid dienone is 8. The first-order valence-electron chi connectivity index (χ1n) is 20.2. The zero-order chi connectivity index (χ0) is 45.7. The fourth-order valence-electron chi connectivity index (χ4n) is 10.1. The molecule has 0 aromatic heterocycles. The van der Waals surface area contributed by atoms with Crippen molar-refractivity contribution >= 4 is 195 Å². The summed E-state index contributed by atoms with van der Waals surface area (Å²) in [6, 6.07) is 31.3.